The molecule has 0 spiro atoms. The Morgan fingerprint density at radius 2 is 1.95 bits per heavy atom. The normalized spacial score (nSPS) is 11.8. The molecule has 2 aromatic rings. The number of hydrogen-bond donors (Lipinski definition) is 1. The molecule has 2 N–H and O–H groups in total. The van der Waals surface area contributed by atoms with Crippen molar-refractivity contribution >= 4 is 11.3 Å². The average molecular weight is 286 g/mol. The summed E-state index contributed by atoms with van der Waals surface area (Å²) >= 11 is 1.28. The first kappa shape index (κ1) is 14.0. The molecular formula is C13H13F3N2S. The third kappa shape index (κ3) is 2.96. The molecule has 0 saturated heterocycles. The summed E-state index contributed by atoms with van der Waals surface area (Å²) in [7, 11) is 0. The van der Waals surface area contributed by atoms with Gasteiger partial charge in [0.2, 0.25) is 0 Å². The van der Waals surface area contributed by atoms with Gasteiger partial charge >= 0.3 is 6.18 Å². The molecule has 0 radical (unpaired) electrons. The molecule has 0 aliphatic heterocycles. The summed E-state index contributed by atoms with van der Waals surface area (Å²) in [5, 5.41) is 0.397. The minimum absolute atomic E-state index is 0.131. The van der Waals surface area contributed by atoms with Crippen molar-refractivity contribution in [3.63, 3.8) is 0 Å². The van der Waals surface area contributed by atoms with E-state index in [0.717, 1.165) is 16.6 Å². The molecule has 0 fully saturated rings. The van der Waals surface area contributed by atoms with Crippen molar-refractivity contribution in [2.75, 3.05) is 6.54 Å². The maximum absolute atomic E-state index is 12.9. The lowest BCUT2D eigenvalue weighted by molar-refractivity contribution is -0.137. The summed E-state index contributed by atoms with van der Waals surface area (Å²) in [5.41, 5.74) is 5.71. The van der Waals surface area contributed by atoms with Crippen LogP contribution in [0.15, 0.2) is 24.3 Å². The third-order valence-electron chi connectivity index (χ3n) is 2.73. The minimum atomic E-state index is -4.37. The van der Waals surface area contributed by atoms with Crippen molar-refractivity contribution in [1.29, 1.82) is 0 Å². The zero-order chi connectivity index (χ0) is 14.0. The van der Waals surface area contributed by atoms with Gasteiger partial charge in [0.15, 0.2) is 0 Å². The Morgan fingerprint density at radius 3 is 2.58 bits per heavy atom. The summed E-state index contributed by atoms with van der Waals surface area (Å²) in [6.45, 7) is 2.25. The van der Waals surface area contributed by atoms with E-state index in [1.54, 1.807) is 13.0 Å². The maximum atomic E-state index is 12.9. The van der Waals surface area contributed by atoms with Crippen LogP contribution in [-0.2, 0) is 12.6 Å². The quantitative estimate of drug-likeness (QED) is 0.935. The molecule has 102 valence electrons. The molecule has 0 aliphatic carbocycles. The van der Waals surface area contributed by atoms with E-state index in [2.05, 4.69) is 4.98 Å². The highest BCUT2D eigenvalue weighted by molar-refractivity contribution is 7.15. The topological polar surface area (TPSA) is 38.9 Å². The smallest absolute Gasteiger partial charge is 0.330 e. The van der Waals surface area contributed by atoms with Crippen LogP contribution >= 0.6 is 11.3 Å². The van der Waals surface area contributed by atoms with Crippen LogP contribution in [0.3, 0.4) is 0 Å². The van der Waals surface area contributed by atoms with Crippen LogP contribution in [-0.4, -0.2) is 11.5 Å². The Morgan fingerprint density at radius 1 is 1.26 bits per heavy atom. The SMILES string of the molecule is Cc1nc(-c2ccccc2C(F)(F)F)sc1CCN. The zero-order valence-electron chi connectivity index (χ0n) is 10.3. The number of nitrogens with two attached hydrogens (primary N) is 1. The van der Waals surface area contributed by atoms with Crippen LogP contribution in [0, 0.1) is 6.92 Å². The lowest BCUT2D eigenvalue weighted by atomic mass is 10.1. The van der Waals surface area contributed by atoms with Gasteiger partial charge in [-0.05, 0) is 26.0 Å². The molecule has 0 bridgehead atoms. The summed E-state index contributed by atoms with van der Waals surface area (Å²) in [6.07, 6.45) is -3.73. The number of rotatable bonds is 3. The molecule has 2 nitrogen and oxygen atoms in total. The third-order valence-corrected chi connectivity index (χ3v) is 3.98. The van der Waals surface area contributed by atoms with E-state index in [1.807, 2.05) is 0 Å². The van der Waals surface area contributed by atoms with Gasteiger partial charge in [-0.25, -0.2) is 4.98 Å². The van der Waals surface area contributed by atoms with Crippen LogP contribution in [0.4, 0.5) is 13.2 Å². The fourth-order valence-corrected chi connectivity index (χ4v) is 2.94. The van der Waals surface area contributed by atoms with Crippen molar-refractivity contribution in [3.05, 3.63) is 40.4 Å². The first-order valence-corrected chi connectivity index (χ1v) is 6.58. The predicted molar refractivity (Wildman–Crippen MR) is 70.0 cm³/mol. The highest BCUT2D eigenvalue weighted by atomic mass is 32.1. The van der Waals surface area contributed by atoms with Crippen LogP contribution in [0.5, 0.6) is 0 Å². The summed E-state index contributed by atoms with van der Waals surface area (Å²) < 4.78 is 38.8. The van der Waals surface area contributed by atoms with Crippen LogP contribution < -0.4 is 5.73 Å². The molecular weight excluding hydrogens is 273 g/mol. The van der Waals surface area contributed by atoms with Gasteiger partial charge in [-0.2, -0.15) is 13.2 Å². The van der Waals surface area contributed by atoms with Gasteiger partial charge < -0.3 is 5.73 Å². The van der Waals surface area contributed by atoms with Crippen molar-refractivity contribution in [2.45, 2.75) is 19.5 Å². The Hall–Kier alpha value is -1.40. The number of benzene rings is 1. The molecule has 1 aromatic heterocycles. The fourth-order valence-electron chi connectivity index (χ4n) is 1.82. The lowest BCUT2D eigenvalue weighted by Crippen LogP contribution is -2.06. The number of nitrogens with zero attached hydrogens (tertiary/aromatic N) is 1. The second-order valence-corrected chi connectivity index (χ2v) is 5.19. The number of aryl methyl sites for hydroxylation is 1. The van der Waals surface area contributed by atoms with Crippen LogP contribution in [0.1, 0.15) is 16.1 Å². The molecule has 6 heteroatoms. The Labute approximate surface area is 113 Å². The molecule has 0 atom stereocenters. The summed E-state index contributed by atoms with van der Waals surface area (Å²) in [4.78, 5) is 5.18. The molecule has 0 amide bonds. The van der Waals surface area contributed by atoms with Crippen LogP contribution in [0.25, 0.3) is 10.6 Å². The van der Waals surface area contributed by atoms with E-state index in [4.69, 9.17) is 5.73 Å². The van der Waals surface area contributed by atoms with Crippen LogP contribution in [0.2, 0.25) is 0 Å². The number of alkyl halides is 3. The highest BCUT2D eigenvalue weighted by Gasteiger charge is 2.34. The van der Waals surface area contributed by atoms with Gasteiger partial charge in [-0.1, -0.05) is 18.2 Å². The minimum Gasteiger partial charge on any atom is -0.330 e. The van der Waals surface area contributed by atoms with Gasteiger partial charge in [0, 0.05) is 10.4 Å². The first-order chi connectivity index (χ1) is 8.93. The van der Waals surface area contributed by atoms with E-state index in [-0.39, 0.29) is 5.56 Å². The van der Waals surface area contributed by atoms with Crippen molar-refractivity contribution in [1.82, 2.24) is 4.98 Å². The fraction of sp³-hybridized carbons (Fsp3) is 0.308. The average Bonchev–Trinajstić information content (AvgIpc) is 2.70. The van der Waals surface area contributed by atoms with E-state index in [1.165, 1.54) is 23.5 Å². The Kier molecular flexibility index (Phi) is 3.91. The molecule has 1 aromatic carbocycles. The van der Waals surface area contributed by atoms with Gasteiger partial charge in [-0.3, -0.25) is 0 Å². The van der Waals surface area contributed by atoms with E-state index < -0.39 is 11.7 Å². The number of hydrogen-bond acceptors (Lipinski definition) is 3. The molecule has 19 heavy (non-hydrogen) atoms. The molecule has 2 rings (SSSR count). The Bertz CT molecular complexity index is 576. The number of thiazole rings is 1. The standard InChI is InChI=1S/C13H13F3N2S/c1-8-11(6-7-17)19-12(18-8)9-4-2-3-5-10(9)13(14,15)16/h2-5H,6-7,17H2,1H3. The zero-order valence-corrected chi connectivity index (χ0v) is 11.1. The van der Waals surface area contributed by atoms with Gasteiger partial charge in [-0.15, -0.1) is 11.3 Å². The van der Waals surface area contributed by atoms with E-state index >= 15 is 0 Å². The van der Waals surface area contributed by atoms with E-state index in [0.29, 0.717) is 18.0 Å². The van der Waals surface area contributed by atoms with E-state index in [9.17, 15) is 13.2 Å². The summed E-state index contributed by atoms with van der Waals surface area (Å²) in [6, 6.07) is 5.50. The first-order valence-electron chi connectivity index (χ1n) is 5.76. The van der Waals surface area contributed by atoms with Gasteiger partial charge in [0.1, 0.15) is 5.01 Å². The molecule has 0 aliphatic rings. The number of aromatic nitrogens is 1. The molecule has 0 unspecified atom stereocenters. The monoisotopic (exact) mass is 286 g/mol. The maximum Gasteiger partial charge on any atom is 0.417 e. The van der Waals surface area contributed by atoms with Gasteiger partial charge in [0.25, 0.3) is 0 Å². The highest BCUT2D eigenvalue weighted by Crippen LogP contribution is 2.38. The van der Waals surface area contributed by atoms with Crippen molar-refractivity contribution in [2.24, 2.45) is 5.73 Å². The molecule has 1 heterocycles. The summed E-state index contributed by atoms with van der Waals surface area (Å²) in [5.74, 6) is 0. The molecule has 0 saturated carbocycles. The lowest BCUT2D eigenvalue weighted by Gasteiger charge is -2.10. The predicted octanol–water partition coefficient (Wildman–Crippen LogP) is 3.64. The number of halogens is 3. The van der Waals surface area contributed by atoms with Gasteiger partial charge in [0.05, 0.1) is 11.3 Å². The van der Waals surface area contributed by atoms with Crippen molar-refractivity contribution in [3.8, 4) is 10.6 Å². The second kappa shape index (κ2) is 5.30. The largest absolute Gasteiger partial charge is 0.417 e. The Balaban J connectivity index is 2.50. The second-order valence-electron chi connectivity index (χ2n) is 4.11. The van der Waals surface area contributed by atoms with Crippen molar-refractivity contribution < 1.29 is 13.2 Å².